The molecule has 1 N–H and O–H groups in total. The number of nitrogens with zero attached hydrogens (tertiary/aromatic N) is 1. The van der Waals surface area contributed by atoms with Crippen LogP contribution in [0, 0.1) is 5.82 Å². The van der Waals surface area contributed by atoms with Crippen molar-refractivity contribution < 1.29 is 23.5 Å². The molecule has 0 fully saturated rings. The number of ketones is 1. The molecule has 3 aromatic carbocycles. The Bertz CT molecular complexity index is 1070. The predicted octanol–water partition coefficient (Wildman–Crippen LogP) is 3.53. The SMILES string of the molecule is CN(CC(=O)Nc1cccc(F)c1)C(=O)COc1ccc(C(=O)c2ccccc2)cc1. The van der Waals surface area contributed by atoms with Gasteiger partial charge in [0.05, 0.1) is 6.54 Å². The summed E-state index contributed by atoms with van der Waals surface area (Å²) in [5, 5.41) is 2.53. The second-order valence-corrected chi connectivity index (χ2v) is 6.82. The molecule has 3 rings (SSSR count). The molecule has 0 aliphatic heterocycles. The lowest BCUT2D eigenvalue weighted by Gasteiger charge is -2.17. The van der Waals surface area contributed by atoms with Crippen LogP contribution in [0.5, 0.6) is 5.75 Å². The number of nitrogens with one attached hydrogen (secondary N) is 1. The van der Waals surface area contributed by atoms with Crippen LogP contribution in [0.2, 0.25) is 0 Å². The molecule has 0 aromatic heterocycles. The van der Waals surface area contributed by atoms with Gasteiger partial charge in [0.25, 0.3) is 5.91 Å². The molecule has 0 unspecified atom stereocenters. The zero-order valence-corrected chi connectivity index (χ0v) is 16.9. The van der Waals surface area contributed by atoms with Gasteiger partial charge in [-0.05, 0) is 42.5 Å². The molecule has 0 atom stereocenters. The minimum absolute atomic E-state index is 0.104. The van der Waals surface area contributed by atoms with Gasteiger partial charge in [-0.1, -0.05) is 36.4 Å². The molecule has 0 heterocycles. The van der Waals surface area contributed by atoms with E-state index < -0.39 is 17.6 Å². The summed E-state index contributed by atoms with van der Waals surface area (Å²) in [5.41, 5.74) is 1.41. The van der Waals surface area contributed by atoms with Crippen molar-refractivity contribution in [2.24, 2.45) is 0 Å². The summed E-state index contributed by atoms with van der Waals surface area (Å²) in [6, 6.07) is 20.9. The summed E-state index contributed by atoms with van der Waals surface area (Å²) >= 11 is 0. The molecule has 0 radical (unpaired) electrons. The van der Waals surface area contributed by atoms with Crippen LogP contribution in [0.25, 0.3) is 0 Å². The fraction of sp³-hybridized carbons (Fsp3) is 0.125. The Balaban J connectivity index is 1.48. The van der Waals surface area contributed by atoms with Gasteiger partial charge in [0, 0.05) is 23.9 Å². The quantitative estimate of drug-likeness (QED) is 0.566. The molecule has 2 amide bonds. The van der Waals surface area contributed by atoms with E-state index in [1.165, 1.54) is 30.1 Å². The number of carbonyl (C=O) groups excluding carboxylic acids is 3. The highest BCUT2D eigenvalue weighted by Crippen LogP contribution is 2.16. The van der Waals surface area contributed by atoms with Gasteiger partial charge in [-0.25, -0.2) is 4.39 Å². The number of benzene rings is 3. The average molecular weight is 420 g/mol. The molecule has 0 saturated heterocycles. The Morgan fingerprint density at radius 3 is 2.26 bits per heavy atom. The van der Waals surface area contributed by atoms with E-state index >= 15 is 0 Å². The molecule has 0 bridgehead atoms. The first-order valence-electron chi connectivity index (χ1n) is 9.54. The Labute approximate surface area is 179 Å². The van der Waals surface area contributed by atoms with E-state index in [-0.39, 0.29) is 18.9 Å². The highest BCUT2D eigenvalue weighted by molar-refractivity contribution is 6.09. The van der Waals surface area contributed by atoms with Crippen LogP contribution < -0.4 is 10.1 Å². The Hall–Kier alpha value is -4.00. The van der Waals surface area contributed by atoms with Crippen molar-refractivity contribution in [1.82, 2.24) is 4.90 Å². The highest BCUT2D eigenvalue weighted by Gasteiger charge is 2.14. The largest absolute Gasteiger partial charge is 0.484 e. The van der Waals surface area contributed by atoms with E-state index in [2.05, 4.69) is 5.32 Å². The maximum absolute atomic E-state index is 13.2. The lowest BCUT2D eigenvalue weighted by Crippen LogP contribution is -2.37. The van der Waals surface area contributed by atoms with Crippen molar-refractivity contribution in [3.8, 4) is 5.75 Å². The van der Waals surface area contributed by atoms with Gasteiger partial charge >= 0.3 is 0 Å². The maximum atomic E-state index is 13.2. The van der Waals surface area contributed by atoms with Gasteiger partial charge < -0.3 is 15.0 Å². The second kappa shape index (κ2) is 10.2. The number of anilines is 1. The van der Waals surface area contributed by atoms with Crippen LogP contribution >= 0.6 is 0 Å². The zero-order chi connectivity index (χ0) is 22.2. The third kappa shape index (κ3) is 6.24. The van der Waals surface area contributed by atoms with Crippen molar-refractivity contribution in [1.29, 1.82) is 0 Å². The van der Waals surface area contributed by atoms with Crippen LogP contribution in [-0.2, 0) is 9.59 Å². The summed E-state index contributed by atoms with van der Waals surface area (Å²) in [6.45, 7) is -0.473. The molecular formula is C24H21FN2O4. The lowest BCUT2D eigenvalue weighted by atomic mass is 10.0. The maximum Gasteiger partial charge on any atom is 0.260 e. The molecule has 0 spiro atoms. The van der Waals surface area contributed by atoms with Gasteiger partial charge in [-0.3, -0.25) is 14.4 Å². The first kappa shape index (κ1) is 21.7. The van der Waals surface area contributed by atoms with Crippen LogP contribution in [0.15, 0.2) is 78.9 Å². The fourth-order valence-electron chi connectivity index (χ4n) is 2.78. The lowest BCUT2D eigenvalue weighted by molar-refractivity contribution is -0.135. The summed E-state index contributed by atoms with van der Waals surface area (Å²) in [7, 11) is 1.47. The number of likely N-dealkylation sites (N-methyl/N-ethyl adjacent to an activating group) is 1. The van der Waals surface area contributed by atoms with Crippen molar-refractivity contribution in [2.45, 2.75) is 0 Å². The zero-order valence-electron chi connectivity index (χ0n) is 16.9. The van der Waals surface area contributed by atoms with Gasteiger partial charge in [0.1, 0.15) is 11.6 Å². The fourth-order valence-corrected chi connectivity index (χ4v) is 2.78. The minimum atomic E-state index is -0.466. The van der Waals surface area contributed by atoms with E-state index in [9.17, 15) is 18.8 Å². The number of ether oxygens (including phenoxy) is 1. The average Bonchev–Trinajstić information content (AvgIpc) is 2.77. The van der Waals surface area contributed by atoms with Crippen molar-refractivity contribution in [3.05, 3.63) is 95.8 Å². The van der Waals surface area contributed by atoms with Crippen molar-refractivity contribution >= 4 is 23.3 Å². The third-order valence-electron chi connectivity index (χ3n) is 4.43. The van der Waals surface area contributed by atoms with Crippen LogP contribution in [0.4, 0.5) is 10.1 Å². The van der Waals surface area contributed by atoms with E-state index in [0.717, 1.165) is 0 Å². The van der Waals surface area contributed by atoms with Gasteiger partial charge in [0.2, 0.25) is 5.91 Å². The molecule has 7 heteroatoms. The normalized spacial score (nSPS) is 10.3. The van der Waals surface area contributed by atoms with Crippen LogP contribution in [0.3, 0.4) is 0 Å². The molecule has 0 saturated carbocycles. The molecule has 158 valence electrons. The number of hydrogen-bond donors (Lipinski definition) is 1. The standard InChI is InChI=1S/C24H21FN2O4/c1-27(15-22(28)26-20-9-5-8-19(25)14-20)23(29)16-31-21-12-10-18(11-13-21)24(30)17-6-3-2-4-7-17/h2-14H,15-16H2,1H3,(H,26,28). The van der Waals surface area contributed by atoms with Crippen LogP contribution in [0.1, 0.15) is 15.9 Å². The topological polar surface area (TPSA) is 75.7 Å². The van der Waals surface area contributed by atoms with Gasteiger partial charge in [-0.2, -0.15) is 0 Å². The smallest absolute Gasteiger partial charge is 0.260 e. The van der Waals surface area contributed by atoms with E-state index in [0.29, 0.717) is 22.6 Å². The summed E-state index contributed by atoms with van der Waals surface area (Å²) in [4.78, 5) is 37.9. The Morgan fingerprint density at radius 2 is 1.58 bits per heavy atom. The monoisotopic (exact) mass is 420 g/mol. The molecule has 3 aromatic rings. The summed E-state index contributed by atoms with van der Waals surface area (Å²) in [5.74, 6) is -1.00. The Kier molecular flexibility index (Phi) is 7.11. The summed E-state index contributed by atoms with van der Waals surface area (Å²) in [6.07, 6.45) is 0. The summed E-state index contributed by atoms with van der Waals surface area (Å²) < 4.78 is 18.6. The van der Waals surface area contributed by atoms with E-state index in [1.807, 2.05) is 6.07 Å². The van der Waals surface area contributed by atoms with Crippen molar-refractivity contribution in [3.63, 3.8) is 0 Å². The molecule has 0 aliphatic carbocycles. The molecule has 0 aliphatic rings. The number of rotatable bonds is 8. The van der Waals surface area contributed by atoms with Crippen LogP contribution in [-0.4, -0.2) is 42.7 Å². The Morgan fingerprint density at radius 1 is 0.903 bits per heavy atom. The van der Waals surface area contributed by atoms with Gasteiger partial charge in [0.15, 0.2) is 12.4 Å². The number of amides is 2. The first-order chi connectivity index (χ1) is 14.9. The van der Waals surface area contributed by atoms with Gasteiger partial charge in [-0.15, -0.1) is 0 Å². The third-order valence-corrected chi connectivity index (χ3v) is 4.43. The molecule has 6 nitrogen and oxygen atoms in total. The number of carbonyl (C=O) groups is 3. The molecular weight excluding hydrogens is 399 g/mol. The molecule has 31 heavy (non-hydrogen) atoms. The predicted molar refractivity (Wildman–Crippen MR) is 114 cm³/mol. The second-order valence-electron chi connectivity index (χ2n) is 6.82. The number of hydrogen-bond acceptors (Lipinski definition) is 4. The first-order valence-corrected chi connectivity index (χ1v) is 9.54. The van der Waals surface area contributed by atoms with E-state index in [1.54, 1.807) is 54.6 Å². The van der Waals surface area contributed by atoms with Crippen molar-refractivity contribution in [2.75, 3.05) is 25.5 Å². The van der Waals surface area contributed by atoms with E-state index in [4.69, 9.17) is 4.74 Å². The number of halogens is 1. The highest BCUT2D eigenvalue weighted by atomic mass is 19.1. The minimum Gasteiger partial charge on any atom is -0.484 e.